The lowest BCUT2D eigenvalue weighted by atomic mass is 10.2. The summed E-state index contributed by atoms with van der Waals surface area (Å²) in [5.41, 5.74) is 0.0772. The Hall–Kier alpha value is -0.120. The van der Waals surface area contributed by atoms with E-state index < -0.39 is 5.97 Å². The molecule has 0 amide bonds. The number of unbranched alkanes of at least 4 members (excludes halogenated alkanes) is 2. The van der Waals surface area contributed by atoms with Crippen LogP contribution in [-0.2, 0) is 11.3 Å². The van der Waals surface area contributed by atoms with E-state index in [-0.39, 0.29) is 11.8 Å². The molecule has 0 fully saturated rings. The number of hydrogen-bond acceptors (Lipinski definition) is 2. The highest BCUT2D eigenvalue weighted by Crippen LogP contribution is 2.07. The van der Waals surface area contributed by atoms with Gasteiger partial charge < -0.3 is 9.67 Å². The first-order valence-electron chi connectivity index (χ1n) is 5.27. The third-order valence-corrected chi connectivity index (χ3v) is 3.84. The highest BCUT2D eigenvalue weighted by atomic mass is 127. The van der Waals surface area contributed by atoms with E-state index in [9.17, 15) is 9.59 Å². The molecule has 4 nitrogen and oxygen atoms in total. The molecule has 0 atom stereocenters. The molecular weight excluding hydrogens is 448 g/mol. The number of aromatic nitrogens is 1. The number of hydrogen-bond donors (Lipinski definition) is 1. The Morgan fingerprint density at radius 2 is 1.76 bits per heavy atom. The quantitative estimate of drug-likeness (QED) is 0.524. The number of carbonyl (C=O) groups is 1. The smallest absolute Gasteiger partial charge is 0.303 e. The van der Waals surface area contributed by atoms with Gasteiger partial charge in [0.2, 0.25) is 5.43 Å². The number of aliphatic carboxylic acids is 1. The fraction of sp³-hybridized carbons (Fsp3) is 0.455. The predicted molar refractivity (Wildman–Crippen MR) is 82.2 cm³/mol. The van der Waals surface area contributed by atoms with Crippen molar-refractivity contribution in [2.45, 2.75) is 32.2 Å². The molecule has 0 spiro atoms. The van der Waals surface area contributed by atoms with Crippen molar-refractivity contribution in [1.82, 2.24) is 4.57 Å². The molecule has 0 saturated heterocycles. The van der Waals surface area contributed by atoms with Crippen LogP contribution in [0.15, 0.2) is 17.2 Å². The van der Waals surface area contributed by atoms with Crippen molar-refractivity contribution in [3.63, 3.8) is 0 Å². The van der Waals surface area contributed by atoms with Crippen LogP contribution >= 0.6 is 45.2 Å². The lowest BCUT2D eigenvalue weighted by Gasteiger charge is -2.07. The zero-order chi connectivity index (χ0) is 12.8. The van der Waals surface area contributed by atoms with Crippen LogP contribution < -0.4 is 5.43 Å². The van der Waals surface area contributed by atoms with E-state index in [4.69, 9.17) is 5.11 Å². The summed E-state index contributed by atoms with van der Waals surface area (Å²) >= 11 is 4.07. The molecule has 1 rings (SSSR count). The van der Waals surface area contributed by atoms with Crippen LogP contribution in [0.2, 0.25) is 0 Å². The van der Waals surface area contributed by atoms with Crippen LogP contribution in [0.5, 0.6) is 0 Å². The summed E-state index contributed by atoms with van der Waals surface area (Å²) in [4.78, 5) is 21.8. The molecule has 1 aromatic heterocycles. The maximum Gasteiger partial charge on any atom is 0.303 e. The fourth-order valence-corrected chi connectivity index (χ4v) is 3.25. The van der Waals surface area contributed by atoms with Gasteiger partial charge in [-0.2, -0.15) is 0 Å². The zero-order valence-electron chi connectivity index (χ0n) is 9.16. The maximum atomic E-state index is 11.5. The molecule has 1 aromatic rings. The fourth-order valence-electron chi connectivity index (χ4n) is 1.44. The number of nitrogens with zero attached hydrogens (tertiary/aromatic N) is 1. The summed E-state index contributed by atoms with van der Waals surface area (Å²) in [7, 11) is 0. The van der Waals surface area contributed by atoms with Crippen LogP contribution in [0.3, 0.4) is 0 Å². The molecule has 0 bridgehead atoms. The molecule has 0 unspecified atom stereocenters. The lowest BCUT2D eigenvalue weighted by Crippen LogP contribution is -2.13. The number of pyridine rings is 1. The summed E-state index contributed by atoms with van der Waals surface area (Å²) in [6.07, 6.45) is 6.45. The number of aryl methyl sites for hydroxylation is 1. The van der Waals surface area contributed by atoms with Crippen molar-refractivity contribution in [3.8, 4) is 0 Å². The van der Waals surface area contributed by atoms with Crippen LogP contribution in [0, 0.1) is 7.14 Å². The molecule has 0 aliphatic carbocycles. The van der Waals surface area contributed by atoms with Crippen molar-refractivity contribution in [2.24, 2.45) is 0 Å². The van der Waals surface area contributed by atoms with Crippen molar-refractivity contribution in [2.75, 3.05) is 0 Å². The zero-order valence-corrected chi connectivity index (χ0v) is 13.5. The van der Waals surface area contributed by atoms with E-state index in [1.807, 2.05) is 62.1 Å². The van der Waals surface area contributed by atoms with Crippen LogP contribution in [0.1, 0.15) is 25.7 Å². The largest absolute Gasteiger partial charge is 0.481 e. The van der Waals surface area contributed by atoms with Gasteiger partial charge >= 0.3 is 5.97 Å². The average Bonchev–Trinajstić information content (AvgIpc) is 2.25. The number of halogens is 2. The Morgan fingerprint density at radius 3 is 2.29 bits per heavy atom. The van der Waals surface area contributed by atoms with Crippen molar-refractivity contribution in [1.29, 1.82) is 0 Å². The summed E-state index contributed by atoms with van der Waals surface area (Å²) in [5, 5.41) is 8.49. The minimum absolute atomic E-state index is 0.0772. The first kappa shape index (κ1) is 14.9. The van der Waals surface area contributed by atoms with Gasteiger partial charge in [0.15, 0.2) is 0 Å². The normalized spacial score (nSPS) is 10.5. The molecule has 0 aliphatic heterocycles. The molecule has 17 heavy (non-hydrogen) atoms. The topological polar surface area (TPSA) is 59.3 Å². The van der Waals surface area contributed by atoms with E-state index in [1.54, 1.807) is 0 Å². The van der Waals surface area contributed by atoms with Gasteiger partial charge in [0.1, 0.15) is 0 Å². The summed E-state index contributed by atoms with van der Waals surface area (Å²) < 4.78 is 3.44. The second-order valence-corrected chi connectivity index (χ2v) is 6.05. The van der Waals surface area contributed by atoms with Gasteiger partial charge in [-0.1, -0.05) is 6.42 Å². The highest BCUT2D eigenvalue weighted by Gasteiger charge is 2.02. The van der Waals surface area contributed by atoms with Crippen molar-refractivity contribution < 1.29 is 9.90 Å². The van der Waals surface area contributed by atoms with Gasteiger partial charge in [-0.15, -0.1) is 0 Å². The highest BCUT2D eigenvalue weighted by molar-refractivity contribution is 14.1. The molecule has 94 valence electrons. The Morgan fingerprint density at radius 1 is 1.18 bits per heavy atom. The van der Waals surface area contributed by atoms with E-state index in [1.165, 1.54) is 0 Å². The van der Waals surface area contributed by atoms with E-state index in [0.717, 1.165) is 26.5 Å². The Balaban J connectivity index is 2.42. The molecule has 1 heterocycles. The van der Waals surface area contributed by atoms with Gasteiger partial charge in [-0.25, -0.2) is 0 Å². The first-order chi connectivity index (χ1) is 8.00. The van der Waals surface area contributed by atoms with Gasteiger partial charge in [0.05, 0.1) is 7.14 Å². The second kappa shape index (κ2) is 7.34. The van der Waals surface area contributed by atoms with Crippen molar-refractivity contribution >= 4 is 51.2 Å². The van der Waals surface area contributed by atoms with Crippen molar-refractivity contribution in [3.05, 3.63) is 29.8 Å². The van der Waals surface area contributed by atoms with Crippen LogP contribution in [0.4, 0.5) is 0 Å². The third kappa shape index (κ3) is 5.36. The molecule has 1 N–H and O–H groups in total. The molecule has 6 heteroatoms. The molecule has 0 aliphatic rings. The number of carboxylic acids is 1. The van der Waals surface area contributed by atoms with Crippen LogP contribution in [0.25, 0.3) is 0 Å². The summed E-state index contributed by atoms with van der Waals surface area (Å²) in [6.45, 7) is 0.825. The third-order valence-electron chi connectivity index (χ3n) is 2.30. The van der Waals surface area contributed by atoms with Gasteiger partial charge in [0, 0.05) is 25.4 Å². The van der Waals surface area contributed by atoms with Gasteiger partial charge in [-0.05, 0) is 58.0 Å². The molecular formula is C11H13I2NO3. The minimum Gasteiger partial charge on any atom is -0.481 e. The summed E-state index contributed by atoms with van der Waals surface area (Å²) in [5.74, 6) is -0.738. The average molecular weight is 461 g/mol. The number of carboxylic acid groups (broad SMARTS) is 1. The van der Waals surface area contributed by atoms with Gasteiger partial charge in [-0.3, -0.25) is 9.59 Å². The summed E-state index contributed by atoms with van der Waals surface area (Å²) in [6, 6.07) is 0. The molecule has 0 saturated carbocycles. The maximum absolute atomic E-state index is 11.5. The predicted octanol–water partition coefficient (Wildman–Crippen LogP) is 2.70. The molecule has 0 radical (unpaired) electrons. The second-order valence-electron chi connectivity index (χ2n) is 3.73. The Bertz CT molecular complexity index is 430. The number of rotatable bonds is 6. The monoisotopic (exact) mass is 461 g/mol. The SMILES string of the molecule is O=C(O)CCCCCn1cc(I)c(=O)c(I)c1. The Labute approximate surface area is 127 Å². The standard InChI is InChI=1S/C11H13I2NO3/c12-8-6-14(7-9(13)11(8)17)5-3-1-2-4-10(15)16/h6-7H,1-5H2,(H,15,16). The van der Waals surface area contributed by atoms with E-state index >= 15 is 0 Å². The van der Waals surface area contributed by atoms with Crippen LogP contribution in [-0.4, -0.2) is 15.6 Å². The molecule has 0 aromatic carbocycles. The first-order valence-corrected chi connectivity index (χ1v) is 7.43. The van der Waals surface area contributed by atoms with E-state index in [0.29, 0.717) is 6.42 Å². The van der Waals surface area contributed by atoms with Gasteiger partial charge in [0.25, 0.3) is 0 Å². The Kier molecular flexibility index (Phi) is 6.45. The van der Waals surface area contributed by atoms with E-state index in [2.05, 4.69) is 0 Å². The lowest BCUT2D eigenvalue weighted by molar-refractivity contribution is -0.137. The minimum atomic E-state index is -0.738.